The number of alkyl halides is 1. The summed E-state index contributed by atoms with van der Waals surface area (Å²) in [6.07, 6.45) is 1.89. The van der Waals surface area contributed by atoms with Gasteiger partial charge in [0, 0.05) is 25.0 Å². The summed E-state index contributed by atoms with van der Waals surface area (Å²) in [4.78, 5) is 0. The normalized spacial score (nSPS) is 19.6. The topological polar surface area (TPSA) is 58.6 Å². The summed E-state index contributed by atoms with van der Waals surface area (Å²) in [5.41, 5.74) is 0. The Morgan fingerprint density at radius 3 is 2.59 bits per heavy atom. The molecule has 1 fully saturated rings. The van der Waals surface area contributed by atoms with Crippen molar-refractivity contribution in [2.75, 3.05) is 38.2 Å². The summed E-state index contributed by atoms with van der Waals surface area (Å²) < 4.78 is 33.0. The Bertz CT molecular complexity index is 303. The van der Waals surface area contributed by atoms with E-state index in [-0.39, 0.29) is 0 Å². The molecule has 0 unspecified atom stereocenters. The number of halogens is 1. The van der Waals surface area contributed by atoms with Gasteiger partial charge in [-0.2, -0.15) is 17.4 Å². The molecule has 1 N–H and O–H groups in total. The number of nitrogens with zero attached hydrogens (tertiary/aromatic N) is 1. The second-order valence-electron chi connectivity index (χ2n) is 4.28. The summed E-state index contributed by atoms with van der Waals surface area (Å²) in [5, 5.41) is 0.768. The smallest absolute Gasteiger partial charge is 0.279 e. The third kappa shape index (κ3) is 5.65. The van der Waals surface area contributed by atoms with Crippen LogP contribution in [0.15, 0.2) is 0 Å². The SMILES string of the molecule is CC1CCN(S(=O)(=O)NCCOCCBr)CC1. The average Bonchev–Trinajstić information content (AvgIpc) is 2.29. The fraction of sp³-hybridized carbons (Fsp3) is 1.00. The van der Waals surface area contributed by atoms with Crippen LogP contribution in [-0.4, -0.2) is 50.9 Å². The van der Waals surface area contributed by atoms with Crippen molar-refractivity contribution in [3.63, 3.8) is 0 Å². The van der Waals surface area contributed by atoms with Crippen LogP contribution in [0.4, 0.5) is 0 Å². The van der Waals surface area contributed by atoms with Gasteiger partial charge in [0.05, 0.1) is 13.2 Å². The lowest BCUT2D eigenvalue weighted by Gasteiger charge is -2.29. The summed E-state index contributed by atoms with van der Waals surface area (Å²) in [5.74, 6) is 0.628. The first-order valence-corrected chi connectivity index (χ1v) is 8.51. The van der Waals surface area contributed by atoms with Crippen molar-refractivity contribution in [3.8, 4) is 0 Å². The summed E-state index contributed by atoms with van der Waals surface area (Å²) in [7, 11) is -3.30. The Morgan fingerprint density at radius 2 is 2.00 bits per heavy atom. The molecule has 1 rings (SSSR count). The molecule has 0 amide bonds. The number of piperidine rings is 1. The van der Waals surface area contributed by atoms with Crippen LogP contribution in [0, 0.1) is 5.92 Å². The summed E-state index contributed by atoms with van der Waals surface area (Å²) in [6, 6.07) is 0. The van der Waals surface area contributed by atoms with Crippen LogP contribution in [0.2, 0.25) is 0 Å². The molecule has 1 aliphatic heterocycles. The fourth-order valence-electron chi connectivity index (χ4n) is 1.72. The van der Waals surface area contributed by atoms with Gasteiger partial charge in [-0.1, -0.05) is 22.9 Å². The number of hydrogen-bond acceptors (Lipinski definition) is 3. The molecule has 0 bridgehead atoms. The van der Waals surface area contributed by atoms with Crippen LogP contribution in [0.5, 0.6) is 0 Å². The van der Waals surface area contributed by atoms with Gasteiger partial charge in [-0.15, -0.1) is 0 Å². The average molecular weight is 329 g/mol. The zero-order valence-corrected chi connectivity index (χ0v) is 12.6. The van der Waals surface area contributed by atoms with Crippen molar-refractivity contribution in [1.82, 2.24) is 9.03 Å². The van der Waals surface area contributed by atoms with Gasteiger partial charge in [-0.05, 0) is 18.8 Å². The molecule has 0 radical (unpaired) electrons. The first-order valence-electron chi connectivity index (χ1n) is 5.94. The zero-order valence-electron chi connectivity index (χ0n) is 10.2. The van der Waals surface area contributed by atoms with E-state index in [2.05, 4.69) is 27.6 Å². The molecule has 1 heterocycles. The monoisotopic (exact) mass is 328 g/mol. The second-order valence-corrected chi connectivity index (χ2v) is 6.83. The Balaban J connectivity index is 2.25. The molecule has 7 heteroatoms. The van der Waals surface area contributed by atoms with Gasteiger partial charge in [-0.3, -0.25) is 0 Å². The third-order valence-electron chi connectivity index (χ3n) is 2.83. The number of nitrogens with one attached hydrogen (secondary N) is 1. The lowest BCUT2D eigenvalue weighted by atomic mass is 10.0. The van der Waals surface area contributed by atoms with Gasteiger partial charge in [0.25, 0.3) is 10.2 Å². The quantitative estimate of drug-likeness (QED) is 0.559. The zero-order chi connectivity index (χ0) is 12.7. The van der Waals surface area contributed by atoms with Gasteiger partial charge >= 0.3 is 0 Å². The van der Waals surface area contributed by atoms with E-state index in [9.17, 15) is 8.42 Å². The molecule has 0 aromatic heterocycles. The van der Waals surface area contributed by atoms with Crippen molar-refractivity contribution >= 4 is 26.1 Å². The van der Waals surface area contributed by atoms with Crippen LogP contribution < -0.4 is 4.72 Å². The standard InChI is InChI=1S/C10H21BrN2O3S/c1-10-2-6-13(7-3-10)17(14,15)12-5-9-16-8-4-11/h10,12H,2-9H2,1H3. The van der Waals surface area contributed by atoms with Gasteiger partial charge in [0.15, 0.2) is 0 Å². The highest BCUT2D eigenvalue weighted by atomic mass is 79.9. The van der Waals surface area contributed by atoms with Gasteiger partial charge in [0.2, 0.25) is 0 Å². The predicted molar refractivity (Wildman–Crippen MR) is 71.5 cm³/mol. The van der Waals surface area contributed by atoms with Gasteiger partial charge in [0.1, 0.15) is 0 Å². The molecule has 0 spiro atoms. The summed E-state index contributed by atoms with van der Waals surface area (Å²) >= 11 is 3.24. The Labute approximate surface area is 112 Å². The molecule has 0 aromatic carbocycles. The van der Waals surface area contributed by atoms with Gasteiger partial charge in [-0.25, -0.2) is 0 Å². The first-order chi connectivity index (χ1) is 8.06. The van der Waals surface area contributed by atoms with Gasteiger partial charge < -0.3 is 4.74 Å². The molecule has 17 heavy (non-hydrogen) atoms. The lowest BCUT2D eigenvalue weighted by molar-refractivity contribution is 0.155. The van der Waals surface area contributed by atoms with Crippen LogP contribution >= 0.6 is 15.9 Å². The van der Waals surface area contributed by atoms with E-state index >= 15 is 0 Å². The van der Waals surface area contributed by atoms with E-state index in [1.165, 1.54) is 4.31 Å². The molecule has 0 atom stereocenters. The molecular formula is C10H21BrN2O3S. The molecule has 102 valence electrons. The van der Waals surface area contributed by atoms with E-state index in [1.807, 2.05) is 0 Å². The van der Waals surface area contributed by atoms with E-state index in [0.29, 0.717) is 38.8 Å². The number of hydrogen-bond donors (Lipinski definition) is 1. The maximum atomic E-state index is 11.9. The minimum Gasteiger partial charge on any atom is -0.379 e. The highest BCUT2D eigenvalue weighted by Crippen LogP contribution is 2.17. The maximum Gasteiger partial charge on any atom is 0.279 e. The molecule has 0 aromatic rings. The largest absolute Gasteiger partial charge is 0.379 e. The van der Waals surface area contributed by atoms with E-state index in [0.717, 1.165) is 18.2 Å². The van der Waals surface area contributed by atoms with Crippen molar-refractivity contribution in [2.45, 2.75) is 19.8 Å². The molecular weight excluding hydrogens is 308 g/mol. The molecule has 5 nitrogen and oxygen atoms in total. The minimum absolute atomic E-state index is 0.335. The second kappa shape index (κ2) is 7.68. The number of rotatable bonds is 7. The Morgan fingerprint density at radius 1 is 1.35 bits per heavy atom. The lowest BCUT2D eigenvalue weighted by Crippen LogP contribution is -2.45. The van der Waals surface area contributed by atoms with E-state index in [1.54, 1.807) is 0 Å². The molecule has 0 aliphatic carbocycles. The molecule has 1 aliphatic rings. The van der Waals surface area contributed by atoms with Crippen molar-refractivity contribution in [2.24, 2.45) is 5.92 Å². The third-order valence-corrected chi connectivity index (χ3v) is 4.77. The summed E-state index contributed by atoms with van der Waals surface area (Å²) in [6.45, 7) is 4.75. The van der Waals surface area contributed by atoms with Crippen LogP contribution in [-0.2, 0) is 14.9 Å². The van der Waals surface area contributed by atoms with Crippen LogP contribution in [0.1, 0.15) is 19.8 Å². The van der Waals surface area contributed by atoms with Crippen LogP contribution in [0.3, 0.4) is 0 Å². The fourth-order valence-corrected chi connectivity index (χ4v) is 3.16. The predicted octanol–water partition coefficient (Wildman–Crippen LogP) is 0.964. The Kier molecular flexibility index (Phi) is 6.94. The van der Waals surface area contributed by atoms with Crippen LogP contribution in [0.25, 0.3) is 0 Å². The molecule has 1 saturated heterocycles. The van der Waals surface area contributed by atoms with Crippen molar-refractivity contribution in [1.29, 1.82) is 0 Å². The van der Waals surface area contributed by atoms with E-state index < -0.39 is 10.2 Å². The van der Waals surface area contributed by atoms with Crippen molar-refractivity contribution < 1.29 is 13.2 Å². The minimum atomic E-state index is -3.30. The maximum absolute atomic E-state index is 11.9. The highest BCUT2D eigenvalue weighted by molar-refractivity contribution is 9.09. The number of ether oxygens (including phenoxy) is 1. The van der Waals surface area contributed by atoms with E-state index in [4.69, 9.17) is 4.74 Å². The van der Waals surface area contributed by atoms with Crippen molar-refractivity contribution in [3.05, 3.63) is 0 Å². The highest BCUT2D eigenvalue weighted by Gasteiger charge is 2.25. The first kappa shape index (κ1) is 15.4. The Hall–Kier alpha value is 0.310. The molecule has 0 saturated carbocycles.